The molecule has 0 radical (unpaired) electrons. The van der Waals surface area contributed by atoms with Crippen molar-refractivity contribution in [2.75, 3.05) is 20.6 Å². The molecule has 0 aromatic rings. The smallest absolute Gasteiger partial charge is 0.154 e. The molecule has 0 heterocycles. The number of hydrogen-bond acceptors (Lipinski definition) is 2. The van der Waals surface area contributed by atoms with E-state index in [-0.39, 0.29) is 9.03 Å². The minimum atomic E-state index is 0.198. The van der Waals surface area contributed by atoms with Gasteiger partial charge in [0.25, 0.3) is 0 Å². The zero-order valence-corrected chi connectivity index (χ0v) is 6.45. The molecular weight excluding hydrogens is 134 g/mol. The van der Waals surface area contributed by atoms with Crippen LogP contribution in [0.2, 0.25) is 0 Å². The molecule has 0 aliphatic heterocycles. The summed E-state index contributed by atoms with van der Waals surface area (Å²) >= 11 is 4.64. The van der Waals surface area contributed by atoms with Crippen LogP contribution < -0.4 is 0 Å². The predicted octanol–water partition coefficient (Wildman–Crippen LogP) is 1.64. The van der Waals surface area contributed by atoms with Crippen LogP contribution in [-0.4, -0.2) is 20.6 Å². The van der Waals surface area contributed by atoms with Gasteiger partial charge in [0.15, 0.2) is 9.03 Å². The van der Waals surface area contributed by atoms with Gasteiger partial charge >= 0.3 is 0 Å². The third-order valence-electron chi connectivity index (χ3n) is 0.167. The maximum Gasteiger partial charge on any atom is 0.154 e. The number of rotatable bonds is 2. The first-order chi connectivity index (χ1) is 3.41. The van der Waals surface area contributed by atoms with Gasteiger partial charge in [-0.05, 0) is 0 Å². The van der Waals surface area contributed by atoms with E-state index in [1.807, 2.05) is 0 Å². The third kappa shape index (κ3) is 20.5. The second kappa shape index (κ2) is 15.9. The van der Waals surface area contributed by atoms with Crippen molar-refractivity contribution in [1.29, 1.82) is 0 Å². The van der Waals surface area contributed by atoms with Crippen molar-refractivity contribution in [2.24, 2.45) is 0 Å². The molecule has 0 amide bonds. The summed E-state index contributed by atoms with van der Waals surface area (Å²) in [7, 11) is 3.40. The van der Waals surface area contributed by atoms with Crippen molar-refractivity contribution in [1.82, 2.24) is 0 Å². The summed E-state index contributed by atoms with van der Waals surface area (Å²) in [5.41, 5.74) is 0. The highest BCUT2D eigenvalue weighted by molar-refractivity contribution is 7.26. The minimum Gasteiger partial charge on any atom is -0.340 e. The first-order valence-corrected chi connectivity index (χ1v) is 3.18. The lowest BCUT2D eigenvalue weighted by Gasteiger charge is -1.86. The fourth-order valence-electron chi connectivity index (χ4n) is 0.0833. The van der Waals surface area contributed by atoms with Crippen LogP contribution in [0.1, 0.15) is 0 Å². The molecule has 0 fully saturated rings. The molecule has 2 nitrogen and oxygen atoms in total. The fraction of sp³-hybridized carbons (Fsp3) is 1.00. The molecule has 0 unspecified atom stereocenters. The lowest BCUT2D eigenvalue weighted by atomic mass is 11.8. The van der Waals surface area contributed by atoms with Crippen LogP contribution in [0.4, 0.5) is 0 Å². The molecule has 0 aliphatic carbocycles. The molecule has 4 heteroatoms. The minimum absolute atomic E-state index is 0.198. The summed E-state index contributed by atoms with van der Waals surface area (Å²) in [6, 6.07) is 0. The van der Waals surface area contributed by atoms with E-state index >= 15 is 0 Å². The van der Waals surface area contributed by atoms with Crippen LogP contribution in [0.25, 0.3) is 0 Å². The topological polar surface area (TPSA) is 18.5 Å². The largest absolute Gasteiger partial charge is 0.340 e. The van der Waals surface area contributed by atoms with Crippen LogP contribution in [0, 0.1) is 0 Å². The highest BCUT2D eigenvalue weighted by Gasteiger charge is 1.64. The van der Waals surface area contributed by atoms with E-state index in [1.54, 1.807) is 14.2 Å². The Kier molecular flexibility index (Phi) is 24.1. The van der Waals surface area contributed by atoms with Crippen molar-refractivity contribution >= 4 is 20.6 Å². The molecule has 0 spiro atoms. The quantitative estimate of drug-likeness (QED) is 0.433. The van der Waals surface area contributed by atoms with E-state index < -0.39 is 0 Å². The first-order valence-electron chi connectivity index (χ1n) is 1.60. The van der Waals surface area contributed by atoms with Gasteiger partial charge in [0.05, 0.1) is 0 Å². The molecule has 0 atom stereocenters. The number of halogens is 1. The second-order valence-electron chi connectivity index (χ2n) is 0.492. The number of hydrogen-bond donors (Lipinski definition) is 0. The van der Waals surface area contributed by atoms with E-state index in [4.69, 9.17) is 0 Å². The zero-order chi connectivity index (χ0) is 6.12. The van der Waals surface area contributed by atoms with Gasteiger partial charge in [-0.2, -0.15) is 0 Å². The molecule has 0 bridgehead atoms. The second-order valence-corrected chi connectivity index (χ2v) is 1.47. The van der Waals surface area contributed by atoms with Crippen molar-refractivity contribution in [3.05, 3.63) is 0 Å². The Balaban J connectivity index is 0. The summed E-state index contributed by atoms with van der Waals surface area (Å²) in [6.07, 6.45) is 1.47. The van der Waals surface area contributed by atoms with E-state index in [2.05, 4.69) is 20.6 Å². The van der Waals surface area contributed by atoms with Gasteiger partial charge < -0.3 is 9.05 Å². The van der Waals surface area contributed by atoms with Gasteiger partial charge in [-0.1, -0.05) is 0 Å². The Hall–Kier alpha value is 0.640. The van der Waals surface area contributed by atoms with Crippen molar-refractivity contribution in [2.45, 2.75) is 0 Å². The summed E-state index contributed by atoms with van der Waals surface area (Å²) in [5.74, 6) is 0. The van der Waals surface area contributed by atoms with Gasteiger partial charge in [0, 0.05) is 20.6 Å². The van der Waals surface area contributed by atoms with Gasteiger partial charge in [0.2, 0.25) is 0 Å². The fourth-order valence-corrected chi connectivity index (χ4v) is 0.250. The molecule has 0 rings (SSSR count). The average Bonchev–Trinajstić information content (AvgIpc) is 1.75. The maximum atomic E-state index is 4.64. The summed E-state index contributed by atoms with van der Waals surface area (Å²) in [5, 5.41) is 0. The van der Waals surface area contributed by atoms with E-state index in [0.29, 0.717) is 0 Å². The van der Waals surface area contributed by atoms with Gasteiger partial charge in [-0.25, -0.2) is 0 Å². The number of alkyl halides is 1. The van der Waals surface area contributed by atoms with Crippen LogP contribution in [0.3, 0.4) is 0 Å². The Morgan fingerprint density at radius 3 is 1.43 bits per heavy atom. The lowest BCUT2D eigenvalue weighted by molar-refractivity contribution is 0.362. The molecule has 7 heavy (non-hydrogen) atoms. The normalized spacial score (nSPS) is 6.86. The summed E-state index contributed by atoms with van der Waals surface area (Å²) in [4.78, 5) is 0. The molecule has 0 aromatic heterocycles. The first kappa shape index (κ1) is 10.6. The van der Waals surface area contributed by atoms with E-state index in [9.17, 15) is 0 Å². The van der Waals surface area contributed by atoms with E-state index in [1.165, 1.54) is 6.38 Å². The highest BCUT2D eigenvalue weighted by atomic mass is 35.5. The standard InChI is InChI=1S/C2H7O2P.CH3Cl/c1-3-5-4-2;1-2/h5H,1-2H3;1H3. The van der Waals surface area contributed by atoms with Crippen LogP contribution in [0.15, 0.2) is 0 Å². The maximum absolute atomic E-state index is 4.64. The Morgan fingerprint density at radius 1 is 1.14 bits per heavy atom. The summed E-state index contributed by atoms with van der Waals surface area (Å²) in [6.45, 7) is 0. The molecule has 0 aliphatic rings. The van der Waals surface area contributed by atoms with Crippen molar-refractivity contribution in [3.8, 4) is 0 Å². The molecular formula is C3H10ClO2P. The molecule has 0 aromatic carbocycles. The van der Waals surface area contributed by atoms with Crippen LogP contribution in [-0.2, 0) is 9.05 Å². The zero-order valence-electron chi connectivity index (χ0n) is 4.69. The molecule has 0 saturated heterocycles. The third-order valence-corrected chi connectivity index (χ3v) is 0.500. The average molecular weight is 145 g/mol. The van der Waals surface area contributed by atoms with Crippen LogP contribution in [0.5, 0.6) is 0 Å². The van der Waals surface area contributed by atoms with Crippen molar-refractivity contribution < 1.29 is 9.05 Å². The van der Waals surface area contributed by atoms with Gasteiger partial charge in [0.1, 0.15) is 0 Å². The highest BCUT2D eigenvalue weighted by Crippen LogP contribution is 2.05. The Labute approximate surface area is 51.1 Å². The van der Waals surface area contributed by atoms with Crippen molar-refractivity contribution in [3.63, 3.8) is 0 Å². The SMILES string of the molecule is CCl.COPOC. The van der Waals surface area contributed by atoms with Gasteiger partial charge in [-0.3, -0.25) is 0 Å². The molecule has 0 N–H and O–H groups in total. The molecule has 46 valence electrons. The lowest BCUT2D eigenvalue weighted by Crippen LogP contribution is -1.60. The summed E-state index contributed by atoms with van der Waals surface area (Å²) < 4.78 is 8.99. The van der Waals surface area contributed by atoms with Crippen LogP contribution >= 0.6 is 20.6 Å². The van der Waals surface area contributed by atoms with E-state index in [0.717, 1.165) is 0 Å². The Bertz CT molecular complexity index is 20.4. The predicted molar refractivity (Wildman–Crippen MR) is 34.1 cm³/mol. The van der Waals surface area contributed by atoms with Gasteiger partial charge in [-0.15, -0.1) is 11.6 Å². The Morgan fingerprint density at radius 2 is 1.43 bits per heavy atom. The molecule has 0 saturated carbocycles. The monoisotopic (exact) mass is 144 g/mol.